The predicted molar refractivity (Wildman–Crippen MR) is 93.5 cm³/mol. The van der Waals surface area contributed by atoms with Crippen molar-refractivity contribution in [3.8, 4) is 5.75 Å². The molecule has 1 aliphatic rings. The first kappa shape index (κ1) is 15.4. The van der Waals surface area contributed by atoms with Gasteiger partial charge in [0.1, 0.15) is 5.75 Å². The molecule has 1 unspecified atom stereocenters. The molecule has 0 heterocycles. The highest BCUT2D eigenvalue weighted by molar-refractivity contribution is 5.83. The summed E-state index contributed by atoms with van der Waals surface area (Å²) in [7, 11) is 0. The fourth-order valence-electron chi connectivity index (χ4n) is 3.33. The molecular weight excluding hydrogens is 270 g/mol. The molecule has 1 N–H and O–H groups in total. The number of hydrogen-bond donors (Lipinski definition) is 1. The van der Waals surface area contributed by atoms with Gasteiger partial charge in [-0.05, 0) is 55.6 Å². The third-order valence-electron chi connectivity index (χ3n) is 4.65. The molecule has 0 spiro atoms. The molecule has 22 heavy (non-hydrogen) atoms. The van der Waals surface area contributed by atoms with Crippen LogP contribution in [-0.2, 0) is 0 Å². The Balaban J connectivity index is 1.46. The highest BCUT2D eigenvalue weighted by atomic mass is 16.5. The van der Waals surface area contributed by atoms with Gasteiger partial charge in [-0.15, -0.1) is 0 Å². The van der Waals surface area contributed by atoms with E-state index in [1.807, 2.05) is 0 Å². The zero-order valence-corrected chi connectivity index (χ0v) is 13.6. The van der Waals surface area contributed by atoms with Crippen LogP contribution in [0, 0.1) is 0 Å². The second-order valence-electron chi connectivity index (χ2n) is 6.52. The Labute approximate surface area is 133 Å². The van der Waals surface area contributed by atoms with Gasteiger partial charge in [0.05, 0.1) is 6.10 Å². The molecule has 0 aliphatic heterocycles. The first-order chi connectivity index (χ1) is 10.8. The summed E-state index contributed by atoms with van der Waals surface area (Å²) in [6, 6.07) is 15.5. The van der Waals surface area contributed by atoms with E-state index in [2.05, 4.69) is 54.7 Å². The molecule has 0 radical (unpaired) electrons. The molecule has 2 heteroatoms. The van der Waals surface area contributed by atoms with Crippen molar-refractivity contribution in [1.29, 1.82) is 0 Å². The Morgan fingerprint density at radius 3 is 2.64 bits per heavy atom. The molecule has 2 aromatic carbocycles. The lowest BCUT2D eigenvalue weighted by atomic mass is 9.95. The summed E-state index contributed by atoms with van der Waals surface area (Å²) in [5.41, 5.74) is 0. The van der Waals surface area contributed by atoms with Crippen molar-refractivity contribution >= 4 is 10.8 Å². The van der Waals surface area contributed by atoms with E-state index in [-0.39, 0.29) is 6.10 Å². The second kappa shape index (κ2) is 7.64. The molecule has 1 fully saturated rings. The molecule has 0 aromatic heterocycles. The van der Waals surface area contributed by atoms with Crippen LogP contribution in [0.4, 0.5) is 0 Å². The van der Waals surface area contributed by atoms with Crippen LogP contribution >= 0.6 is 0 Å². The maximum Gasteiger partial charge on any atom is 0.120 e. The predicted octanol–water partition coefficient (Wildman–Crippen LogP) is 4.92. The Hall–Kier alpha value is -1.54. The Morgan fingerprint density at radius 1 is 1.05 bits per heavy atom. The van der Waals surface area contributed by atoms with Crippen LogP contribution in [0.2, 0.25) is 0 Å². The number of nitrogens with one attached hydrogen (secondary N) is 1. The average Bonchev–Trinajstić information content (AvgIpc) is 2.56. The van der Waals surface area contributed by atoms with Crippen LogP contribution in [0.1, 0.15) is 45.4 Å². The molecular formula is C20H27NO. The number of hydrogen-bond acceptors (Lipinski definition) is 2. The first-order valence-electron chi connectivity index (χ1n) is 8.70. The number of fused-ring (bicyclic) bond motifs is 1. The van der Waals surface area contributed by atoms with Gasteiger partial charge in [0.2, 0.25) is 0 Å². The Morgan fingerprint density at radius 2 is 1.82 bits per heavy atom. The van der Waals surface area contributed by atoms with Crippen molar-refractivity contribution in [3.63, 3.8) is 0 Å². The monoisotopic (exact) mass is 297 g/mol. The fourth-order valence-corrected chi connectivity index (χ4v) is 3.33. The zero-order chi connectivity index (χ0) is 15.2. The molecule has 0 bridgehead atoms. The van der Waals surface area contributed by atoms with Gasteiger partial charge in [-0.2, -0.15) is 0 Å². The van der Waals surface area contributed by atoms with E-state index in [1.54, 1.807) is 0 Å². The Kier molecular flexibility index (Phi) is 5.33. The summed E-state index contributed by atoms with van der Waals surface area (Å²) in [5.74, 6) is 0.976. The SMILES string of the molecule is CC(CCNC1CCCCC1)Oc1ccc2ccccc2c1. The molecule has 0 amide bonds. The number of ether oxygens (including phenoxy) is 1. The van der Waals surface area contributed by atoms with E-state index in [4.69, 9.17) is 4.74 Å². The van der Waals surface area contributed by atoms with Crippen molar-refractivity contribution in [2.45, 2.75) is 57.6 Å². The minimum absolute atomic E-state index is 0.247. The van der Waals surface area contributed by atoms with Crippen LogP contribution < -0.4 is 10.1 Å². The van der Waals surface area contributed by atoms with Crippen LogP contribution in [-0.4, -0.2) is 18.7 Å². The maximum absolute atomic E-state index is 6.07. The Bertz CT molecular complexity index is 589. The zero-order valence-electron chi connectivity index (χ0n) is 13.6. The smallest absolute Gasteiger partial charge is 0.120 e. The molecule has 3 rings (SSSR count). The summed E-state index contributed by atoms with van der Waals surface area (Å²) in [4.78, 5) is 0. The van der Waals surface area contributed by atoms with Crippen LogP contribution in [0.25, 0.3) is 10.8 Å². The molecule has 1 saturated carbocycles. The van der Waals surface area contributed by atoms with Gasteiger partial charge in [-0.1, -0.05) is 49.6 Å². The minimum atomic E-state index is 0.247. The van der Waals surface area contributed by atoms with Crippen molar-refractivity contribution in [2.75, 3.05) is 6.54 Å². The highest BCUT2D eigenvalue weighted by Gasteiger charge is 2.13. The fraction of sp³-hybridized carbons (Fsp3) is 0.500. The number of rotatable bonds is 6. The highest BCUT2D eigenvalue weighted by Crippen LogP contribution is 2.22. The van der Waals surface area contributed by atoms with Gasteiger partial charge in [0, 0.05) is 6.04 Å². The van der Waals surface area contributed by atoms with Crippen molar-refractivity contribution in [3.05, 3.63) is 42.5 Å². The molecule has 1 atom stereocenters. The molecule has 0 saturated heterocycles. The topological polar surface area (TPSA) is 21.3 Å². The average molecular weight is 297 g/mol. The third kappa shape index (κ3) is 4.23. The number of benzene rings is 2. The van der Waals surface area contributed by atoms with E-state index >= 15 is 0 Å². The summed E-state index contributed by atoms with van der Waals surface area (Å²) in [5, 5.41) is 6.20. The largest absolute Gasteiger partial charge is 0.491 e. The lowest BCUT2D eigenvalue weighted by molar-refractivity contribution is 0.206. The van der Waals surface area contributed by atoms with Gasteiger partial charge in [-0.25, -0.2) is 0 Å². The van der Waals surface area contributed by atoms with E-state index < -0.39 is 0 Å². The second-order valence-corrected chi connectivity index (χ2v) is 6.52. The summed E-state index contributed by atoms with van der Waals surface area (Å²) < 4.78 is 6.07. The van der Waals surface area contributed by atoms with E-state index in [9.17, 15) is 0 Å². The minimum Gasteiger partial charge on any atom is -0.491 e. The molecule has 1 aliphatic carbocycles. The first-order valence-corrected chi connectivity index (χ1v) is 8.70. The lowest BCUT2D eigenvalue weighted by Gasteiger charge is -2.24. The molecule has 118 valence electrons. The standard InChI is InChI=1S/C20H27NO/c1-16(13-14-21-19-9-3-2-4-10-19)22-20-12-11-17-7-5-6-8-18(17)15-20/h5-8,11-12,15-16,19,21H,2-4,9-10,13-14H2,1H3. The van der Waals surface area contributed by atoms with Crippen molar-refractivity contribution < 1.29 is 4.74 Å². The summed E-state index contributed by atoms with van der Waals surface area (Å²) in [6.07, 6.45) is 8.20. The van der Waals surface area contributed by atoms with E-state index in [1.165, 1.54) is 42.9 Å². The van der Waals surface area contributed by atoms with Crippen LogP contribution in [0.5, 0.6) is 5.75 Å². The maximum atomic E-state index is 6.07. The van der Waals surface area contributed by atoms with Crippen molar-refractivity contribution in [2.24, 2.45) is 0 Å². The van der Waals surface area contributed by atoms with Gasteiger partial charge in [0.25, 0.3) is 0 Å². The molecule has 2 nitrogen and oxygen atoms in total. The van der Waals surface area contributed by atoms with E-state index in [0.29, 0.717) is 0 Å². The summed E-state index contributed by atoms with van der Waals surface area (Å²) in [6.45, 7) is 3.22. The quantitative estimate of drug-likeness (QED) is 0.817. The van der Waals surface area contributed by atoms with Crippen LogP contribution in [0.3, 0.4) is 0 Å². The van der Waals surface area contributed by atoms with Gasteiger partial charge < -0.3 is 10.1 Å². The van der Waals surface area contributed by atoms with Crippen molar-refractivity contribution in [1.82, 2.24) is 5.32 Å². The normalized spacial score (nSPS) is 17.5. The lowest BCUT2D eigenvalue weighted by Crippen LogP contribution is -2.33. The van der Waals surface area contributed by atoms with Gasteiger partial charge in [0.15, 0.2) is 0 Å². The summed E-state index contributed by atoms with van der Waals surface area (Å²) >= 11 is 0. The van der Waals surface area contributed by atoms with Gasteiger partial charge >= 0.3 is 0 Å². The van der Waals surface area contributed by atoms with Crippen LogP contribution in [0.15, 0.2) is 42.5 Å². The van der Waals surface area contributed by atoms with E-state index in [0.717, 1.165) is 24.8 Å². The third-order valence-corrected chi connectivity index (χ3v) is 4.65. The molecule has 2 aromatic rings. The van der Waals surface area contributed by atoms with Gasteiger partial charge in [-0.3, -0.25) is 0 Å².